The molecule has 0 amide bonds. The molecular weight excluding hydrogens is 132 g/mol. The first kappa shape index (κ1) is 6.82. The minimum absolute atomic E-state index is 0.515. The molecule has 0 unspecified atom stereocenters. The maximum atomic E-state index is 4.86. The fourth-order valence-electron chi connectivity index (χ4n) is 0.557. The van der Waals surface area contributed by atoms with Gasteiger partial charge in [-0.2, -0.15) is 5.90 Å². The van der Waals surface area contributed by atoms with Crippen LogP contribution >= 0.6 is 0 Å². The molecule has 2 N–H and O–H groups in total. The Hall–Kier alpha value is -1.29. The van der Waals surface area contributed by atoms with Gasteiger partial charge in [-0.25, -0.2) is 4.98 Å². The van der Waals surface area contributed by atoms with Gasteiger partial charge in [0.2, 0.25) is 5.88 Å². The van der Waals surface area contributed by atoms with Gasteiger partial charge in [-0.15, -0.1) is 0 Å². The minimum atomic E-state index is 0.515. The molecule has 1 aromatic heterocycles. The summed E-state index contributed by atoms with van der Waals surface area (Å²) in [6.45, 7) is 0. The highest BCUT2D eigenvalue weighted by Gasteiger charge is 1.92. The standard InChI is InChI=1S/C6H8N2O2/c1-9-6-3-2-5(10-7)4-8-6/h2-4H,7H2,1H3. The van der Waals surface area contributed by atoms with Crippen molar-refractivity contribution in [3.05, 3.63) is 18.3 Å². The van der Waals surface area contributed by atoms with E-state index in [0.29, 0.717) is 11.6 Å². The van der Waals surface area contributed by atoms with E-state index in [9.17, 15) is 0 Å². The van der Waals surface area contributed by atoms with Gasteiger partial charge < -0.3 is 9.57 Å². The minimum Gasteiger partial charge on any atom is -0.481 e. The Balaban J connectivity index is 2.80. The van der Waals surface area contributed by atoms with Crippen molar-refractivity contribution in [1.29, 1.82) is 0 Å². The van der Waals surface area contributed by atoms with Gasteiger partial charge in [0.1, 0.15) is 0 Å². The molecule has 0 aliphatic heterocycles. The van der Waals surface area contributed by atoms with Crippen LogP contribution in [-0.4, -0.2) is 12.1 Å². The molecule has 4 heteroatoms. The van der Waals surface area contributed by atoms with Gasteiger partial charge in [-0.05, 0) is 6.07 Å². The van der Waals surface area contributed by atoms with Crippen LogP contribution in [0.5, 0.6) is 11.6 Å². The number of hydrogen-bond acceptors (Lipinski definition) is 4. The molecule has 1 rings (SSSR count). The largest absolute Gasteiger partial charge is 0.481 e. The molecule has 54 valence electrons. The van der Waals surface area contributed by atoms with Crippen molar-refractivity contribution >= 4 is 0 Å². The van der Waals surface area contributed by atoms with Crippen molar-refractivity contribution in [1.82, 2.24) is 4.98 Å². The Morgan fingerprint density at radius 2 is 2.30 bits per heavy atom. The van der Waals surface area contributed by atoms with E-state index in [-0.39, 0.29) is 0 Å². The molecule has 0 saturated carbocycles. The third kappa shape index (κ3) is 1.35. The second-order valence-electron chi connectivity index (χ2n) is 1.65. The van der Waals surface area contributed by atoms with Crippen LogP contribution in [0.3, 0.4) is 0 Å². The Morgan fingerprint density at radius 1 is 1.50 bits per heavy atom. The second kappa shape index (κ2) is 3.03. The Bertz CT molecular complexity index is 174. The monoisotopic (exact) mass is 140 g/mol. The van der Waals surface area contributed by atoms with Crippen molar-refractivity contribution in [2.75, 3.05) is 7.11 Å². The molecule has 10 heavy (non-hydrogen) atoms. The average Bonchev–Trinajstić information content (AvgIpc) is 2.05. The lowest BCUT2D eigenvalue weighted by atomic mass is 10.4. The summed E-state index contributed by atoms with van der Waals surface area (Å²) in [5.41, 5.74) is 0. The number of nitrogens with zero attached hydrogens (tertiary/aromatic N) is 1. The van der Waals surface area contributed by atoms with E-state index in [1.807, 2.05) is 0 Å². The zero-order valence-corrected chi connectivity index (χ0v) is 5.57. The van der Waals surface area contributed by atoms with Crippen LogP contribution < -0.4 is 15.5 Å². The SMILES string of the molecule is COc1ccc(ON)cn1. The van der Waals surface area contributed by atoms with Gasteiger partial charge in [0, 0.05) is 6.07 Å². The van der Waals surface area contributed by atoms with Gasteiger partial charge in [-0.1, -0.05) is 0 Å². The van der Waals surface area contributed by atoms with Gasteiger partial charge >= 0.3 is 0 Å². The molecule has 4 nitrogen and oxygen atoms in total. The number of aromatic nitrogens is 1. The van der Waals surface area contributed by atoms with Crippen LogP contribution in [0.25, 0.3) is 0 Å². The van der Waals surface area contributed by atoms with Gasteiger partial charge in [0.15, 0.2) is 5.75 Å². The summed E-state index contributed by atoms with van der Waals surface area (Å²) in [7, 11) is 1.55. The van der Waals surface area contributed by atoms with Crippen molar-refractivity contribution in [2.45, 2.75) is 0 Å². The summed E-state index contributed by atoms with van der Waals surface area (Å²) < 4.78 is 4.81. The van der Waals surface area contributed by atoms with E-state index in [2.05, 4.69) is 9.82 Å². The van der Waals surface area contributed by atoms with Crippen LogP contribution in [0.4, 0.5) is 0 Å². The summed E-state index contributed by atoms with van der Waals surface area (Å²) in [6, 6.07) is 3.34. The lowest BCUT2D eigenvalue weighted by Crippen LogP contribution is -2.01. The average molecular weight is 140 g/mol. The van der Waals surface area contributed by atoms with E-state index in [4.69, 9.17) is 10.6 Å². The quantitative estimate of drug-likeness (QED) is 0.602. The Labute approximate surface area is 58.5 Å². The lowest BCUT2D eigenvalue weighted by molar-refractivity contribution is 0.330. The highest BCUT2D eigenvalue weighted by molar-refractivity contribution is 5.22. The zero-order chi connectivity index (χ0) is 7.40. The first-order valence-electron chi connectivity index (χ1n) is 2.73. The maximum absolute atomic E-state index is 4.86. The van der Waals surface area contributed by atoms with Crippen LogP contribution in [0.15, 0.2) is 18.3 Å². The van der Waals surface area contributed by atoms with Crippen molar-refractivity contribution < 1.29 is 9.57 Å². The molecule has 0 atom stereocenters. The van der Waals surface area contributed by atoms with Crippen molar-refractivity contribution in [3.63, 3.8) is 0 Å². The topological polar surface area (TPSA) is 57.4 Å². The lowest BCUT2D eigenvalue weighted by Gasteiger charge is -1.98. The zero-order valence-electron chi connectivity index (χ0n) is 5.57. The van der Waals surface area contributed by atoms with Gasteiger partial charge in [0.05, 0.1) is 13.3 Å². The van der Waals surface area contributed by atoms with Crippen molar-refractivity contribution in [2.24, 2.45) is 5.90 Å². The number of hydrogen-bond donors (Lipinski definition) is 1. The van der Waals surface area contributed by atoms with Gasteiger partial charge in [-0.3, -0.25) is 0 Å². The molecule has 0 saturated heterocycles. The van der Waals surface area contributed by atoms with E-state index in [1.54, 1.807) is 19.2 Å². The Kier molecular flexibility index (Phi) is 2.07. The van der Waals surface area contributed by atoms with Gasteiger partial charge in [0.25, 0.3) is 0 Å². The first-order chi connectivity index (χ1) is 4.86. The van der Waals surface area contributed by atoms with E-state index in [1.165, 1.54) is 6.20 Å². The number of nitrogens with two attached hydrogens (primary N) is 1. The third-order valence-corrected chi connectivity index (χ3v) is 1.05. The molecule has 0 spiro atoms. The normalized spacial score (nSPS) is 9.00. The number of methoxy groups -OCH3 is 1. The summed E-state index contributed by atoms with van der Waals surface area (Å²) in [5, 5.41) is 0. The fourth-order valence-corrected chi connectivity index (χ4v) is 0.557. The molecule has 0 bridgehead atoms. The number of rotatable bonds is 2. The smallest absolute Gasteiger partial charge is 0.213 e. The molecule has 0 aromatic carbocycles. The van der Waals surface area contributed by atoms with Crippen LogP contribution in [0, 0.1) is 0 Å². The number of ether oxygens (including phenoxy) is 1. The molecule has 0 aliphatic carbocycles. The Morgan fingerprint density at radius 3 is 2.70 bits per heavy atom. The summed E-state index contributed by atoms with van der Waals surface area (Å²) in [6.07, 6.45) is 1.48. The van der Waals surface area contributed by atoms with Crippen LogP contribution in [0.1, 0.15) is 0 Å². The molecule has 1 aromatic rings. The predicted molar refractivity (Wildman–Crippen MR) is 35.6 cm³/mol. The summed E-state index contributed by atoms with van der Waals surface area (Å²) in [5.74, 6) is 5.92. The summed E-state index contributed by atoms with van der Waals surface area (Å²) in [4.78, 5) is 8.24. The van der Waals surface area contributed by atoms with Crippen LogP contribution in [-0.2, 0) is 0 Å². The van der Waals surface area contributed by atoms with E-state index in [0.717, 1.165) is 0 Å². The van der Waals surface area contributed by atoms with Crippen LogP contribution in [0.2, 0.25) is 0 Å². The molecule has 0 radical (unpaired) electrons. The highest BCUT2D eigenvalue weighted by Crippen LogP contribution is 2.10. The third-order valence-electron chi connectivity index (χ3n) is 1.05. The fraction of sp³-hybridized carbons (Fsp3) is 0.167. The summed E-state index contributed by atoms with van der Waals surface area (Å²) >= 11 is 0. The molecule has 0 aliphatic rings. The van der Waals surface area contributed by atoms with E-state index >= 15 is 0 Å². The maximum Gasteiger partial charge on any atom is 0.213 e. The highest BCUT2D eigenvalue weighted by atomic mass is 16.6. The predicted octanol–water partition coefficient (Wildman–Crippen LogP) is 0.343. The molecule has 1 heterocycles. The van der Waals surface area contributed by atoms with Crippen molar-refractivity contribution in [3.8, 4) is 11.6 Å². The van der Waals surface area contributed by atoms with E-state index < -0.39 is 0 Å². The second-order valence-corrected chi connectivity index (χ2v) is 1.65. The first-order valence-corrected chi connectivity index (χ1v) is 2.73. The molecular formula is C6H8N2O2. The number of pyridine rings is 1. The molecule has 0 fully saturated rings.